The monoisotopic (exact) mass is 296 g/mol. The fourth-order valence-electron chi connectivity index (χ4n) is 1.49. The summed E-state index contributed by atoms with van der Waals surface area (Å²) >= 11 is 11.5. The number of aromatic nitrogens is 2. The molecule has 0 aliphatic carbocycles. The Morgan fingerprint density at radius 2 is 2.05 bits per heavy atom. The number of nitrogens with zero attached hydrogens (tertiary/aromatic N) is 2. The van der Waals surface area contributed by atoms with Gasteiger partial charge < -0.3 is 11.1 Å². The number of amides is 1. The Labute approximate surface area is 119 Å². The van der Waals surface area contributed by atoms with E-state index in [1.54, 1.807) is 19.1 Å². The molecule has 0 fully saturated rings. The van der Waals surface area contributed by atoms with Crippen molar-refractivity contribution in [3.63, 3.8) is 0 Å². The highest BCUT2D eigenvalue weighted by atomic mass is 35.5. The molecular weight excluding hydrogens is 287 g/mol. The van der Waals surface area contributed by atoms with Crippen molar-refractivity contribution in [3.8, 4) is 0 Å². The SMILES string of the molecule is Cc1nc(Cl)ccc1NC(=O)c1cc(Cl)ncc1N. The molecule has 0 unspecified atom stereocenters. The number of hydrogen-bond acceptors (Lipinski definition) is 4. The maximum absolute atomic E-state index is 12.1. The number of halogens is 2. The number of aryl methyl sites for hydroxylation is 1. The first-order valence-corrected chi connectivity index (χ1v) is 6.08. The maximum Gasteiger partial charge on any atom is 0.257 e. The number of carbonyl (C=O) groups is 1. The Morgan fingerprint density at radius 3 is 2.74 bits per heavy atom. The first-order chi connectivity index (χ1) is 8.97. The molecule has 7 heteroatoms. The maximum atomic E-state index is 12.1. The minimum absolute atomic E-state index is 0.199. The van der Waals surface area contributed by atoms with Crippen LogP contribution in [0.2, 0.25) is 10.3 Å². The Kier molecular flexibility index (Phi) is 3.87. The van der Waals surface area contributed by atoms with Crippen LogP contribution in [0.4, 0.5) is 11.4 Å². The van der Waals surface area contributed by atoms with E-state index >= 15 is 0 Å². The van der Waals surface area contributed by atoms with Gasteiger partial charge >= 0.3 is 0 Å². The molecule has 5 nitrogen and oxygen atoms in total. The zero-order valence-electron chi connectivity index (χ0n) is 9.95. The van der Waals surface area contributed by atoms with E-state index < -0.39 is 0 Å². The van der Waals surface area contributed by atoms with Crippen LogP contribution in [-0.2, 0) is 0 Å². The summed E-state index contributed by atoms with van der Waals surface area (Å²) in [6.07, 6.45) is 1.34. The molecule has 0 spiro atoms. The van der Waals surface area contributed by atoms with Gasteiger partial charge in [-0.1, -0.05) is 23.2 Å². The highest BCUT2D eigenvalue weighted by molar-refractivity contribution is 6.30. The molecule has 0 bridgehead atoms. The fraction of sp³-hybridized carbons (Fsp3) is 0.0833. The van der Waals surface area contributed by atoms with Gasteiger partial charge in [-0.3, -0.25) is 4.79 Å². The molecule has 2 rings (SSSR count). The van der Waals surface area contributed by atoms with E-state index in [-0.39, 0.29) is 22.3 Å². The van der Waals surface area contributed by atoms with E-state index in [0.717, 1.165) is 0 Å². The zero-order chi connectivity index (χ0) is 14.0. The predicted octanol–water partition coefficient (Wildman–Crippen LogP) is 2.93. The topological polar surface area (TPSA) is 80.9 Å². The van der Waals surface area contributed by atoms with Crippen molar-refractivity contribution >= 4 is 40.5 Å². The largest absolute Gasteiger partial charge is 0.397 e. The molecule has 98 valence electrons. The zero-order valence-corrected chi connectivity index (χ0v) is 11.5. The molecule has 3 N–H and O–H groups in total. The summed E-state index contributed by atoms with van der Waals surface area (Å²) in [5, 5.41) is 3.26. The fourth-order valence-corrected chi connectivity index (χ4v) is 1.84. The second-order valence-electron chi connectivity index (χ2n) is 3.82. The quantitative estimate of drug-likeness (QED) is 0.835. The summed E-state index contributed by atoms with van der Waals surface area (Å²) in [5.41, 5.74) is 7.37. The van der Waals surface area contributed by atoms with Gasteiger partial charge in [0, 0.05) is 0 Å². The van der Waals surface area contributed by atoms with E-state index in [1.807, 2.05) is 0 Å². The van der Waals surface area contributed by atoms with Gasteiger partial charge in [-0.15, -0.1) is 0 Å². The summed E-state index contributed by atoms with van der Waals surface area (Å²) < 4.78 is 0. The minimum Gasteiger partial charge on any atom is -0.397 e. The van der Waals surface area contributed by atoms with E-state index in [9.17, 15) is 4.79 Å². The highest BCUT2D eigenvalue weighted by Crippen LogP contribution is 2.19. The third-order valence-corrected chi connectivity index (χ3v) is 2.86. The Hall–Kier alpha value is -1.85. The molecular formula is C12H10Cl2N4O. The molecule has 2 heterocycles. The number of hydrogen-bond donors (Lipinski definition) is 2. The molecule has 0 aliphatic rings. The van der Waals surface area contributed by atoms with Crippen molar-refractivity contribution in [3.05, 3.63) is 46.0 Å². The van der Waals surface area contributed by atoms with E-state index in [1.165, 1.54) is 12.3 Å². The van der Waals surface area contributed by atoms with Crippen molar-refractivity contribution in [2.45, 2.75) is 6.92 Å². The van der Waals surface area contributed by atoms with Gasteiger partial charge in [0.1, 0.15) is 10.3 Å². The molecule has 0 saturated heterocycles. The molecule has 0 aromatic carbocycles. The normalized spacial score (nSPS) is 10.3. The summed E-state index contributed by atoms with van der Waals surface area (Å²) in [4.78, 5) is 19.9. The van der Waals surface area contributed by atoms with E-state index in [0.29, 0.717) is 16.5 Å². The lowest BCUT2D eigenvalue weighted by Gasteiger charge is -2.09. The standard InChI is InChI=1S/C12H10Cl2N4O/c1-6-9(2-3-10(13)17-6)18-12(19)7-4-11(14)16-5-8(7)15/h2-5H,15H2,1H3,(H,18,19). The second-order valence-corrected chi connectivity index (χ2v) is 4.59. The molecule has 0 aliphatic heterocycles. The van der Waals surface area contributed by atoms with Crippen molar-refractivity contribution in [1.82, 2.24) is 9.97 Å². The van der Waals surface area contributed by atoms with Crippen LogP contribution >= 0.6 is 23.2 Å². The van der Waals surface area contributed by atoms with Crippen molar-refractivity contribution < 1.29 is 4.79 Å². The van der Waals surface area contributed by atoms with E-state index in [4.69, 9.17) is 28.9 Å². The van der Waals surface area contributed by atoms with Crippen LogP contribution in [-0.4, -0.2) is 15.9 Å². The lowest BCUT2D eigenvalue weighted by molar-refractivity contribution is 0.102. The number of anilines is 2. The predicted molar refractivity (Wildman–Crippen MR) is 75.6 cm³/mol. The third-order valence-electron chi connectivity index (χ3n) is 2.45. The van der Waals surface area contributed by atoms with Gasteiger partial charge in [0.15, 0.2) is 0 Å². The molecule has 2 aromatic heterocycles. The number of pyridine rings is 2. The van der Waals surface area contributed by atoms with Gasteiger partial charge in [0.25, 0.3) is 5.91 Å². The van der Waals surface area contributed by atoms with Crippen LogP contribution in [0.3, 0.4) is 0 Å². The first kappa shape index (κ1) is 13.6. The van der Waals surface area contributed by atoms with Gasteiger partial charge in [-0.05, 0) is 25.1 Å². The molecule has 0 saturated carbocycles. The highest BCUT2D eigenvalue weighted by Gasteiger charge is 2.12. The summed E-state index contributed by atoms with van der Waals surface area (Å²) in [7, 11) is 0. The third kappa shape index (κ3) is 3.13. The number of rotatable bonds is 2. The van der Waals surface area contributed by atoms with Crippen LogP contribution in [0.15, 0.2) is 24.4 Å². The summed E-state index contributed by atoms with van der Waals surface area (Å²) in [6, 6.07) is 4.67. The Balaban J connectivity index is 2.28. The average molecular weight is 297 g/mol. The molecule has 2 aromatic rings. The number of nitrogens with one attached hydrogen (secondary N) is 1. The van der Waals surface area contributed by atoms with Crippen molar-refractivity contribution in [1.29, 1.82) is 0 Å². The van der Waals surface area contributed by atoms with Gasteiger partial charge in [-0.2, -0.15) is 0 Å². The summed E-state index contributed by atoms with van der Waals surface area (Å²) in [5.74, 6) is -0.381. The molecule has 1 amide bonds. The molecule has 0 atom stereocenters. The summed E-state index contributed by atoms with van der Waals surface area (Å²) in [6.45, 7) is 1.74. The average Bonchev–Trinajstić information content (AvgIpc) is 2.35. The van der Waals surface area contributed by atoms with Gasteiger partial charge in [0.2, 0.25) is 0 Å². The number of carbonyl (C=O) groups excluding carboxylic acids is 1. The van der Waals surface area contributed by atoms with Crippen molar-refractivity contribution in [2.24, 2.45) is 0 Å². The van der Waals surface area contributed by atoms with Crippen LogP contribution in [0.1, 0.15) is 16.1 Å². The first-order valence-electron chi connectivity index (χ1n) is 5.33. The lowest BCUT2D eigenvalue weighted by Crippen LogP contribution is -2.15. The molecule has 0 radical (unpaired) electrons. The van der Waals surface area contributed by atoms with E-state index in [2.05, 4.69) is 15.3 Å². The minimum atomic E-state index is -0.381. The van der Waals surface area contributed by atoms with Crippen LogP contribution in [0.25, 0.3) is 0 Å². The van der Waals surface area contributed by atoms with Gasteiger partial charge in [-0.25, -0.2) is 9.97 Å². The van der Waals surface area contributed by atoms with Crippen LogP contribution in [0.5, 0.6) is 0 Å². The number of nitrogen functional groups attached to an aromatic ring is 1. The number of nitrogens with two attached hydrogens (primary N) is 1. The smallest absolute Gasteiger partial charge is 0.257 e. The van der Waals surface area contributed by atoms with Crippen LogP contribution < -0.4 is 11.1 Å². The van der Waals surface area contributed by atoms with Crippen molar-refractivity contribution in [2.75, 3.05) is 11.1 Å². The lowest BCUT2D eigenvalue weighted by atomic mass is 10.2. The second kappa shape index (κ2) is 5.42. The Bertz CT molecular complexity index is 646. The Morgan fingerprint density at radius 1 is 1.32 bits per heavy atom. The molecule has 19 heavy (non-hydrogen) atoms. The van der Waals surface area contributed by atoms with Crippen LogP contribution in [0, 0.1) is 6.92 Å². The van der Waals surface area contributed by atoms with Gasteiger partial charge in [0.05, 0.1) is 28.8 Å².